The fourth-order valence-corrected chi connectivity index (χ4v) is 1.28. The van der Waals surface area contributed by atoms with E-state index in [0.29, 0.717) is 6.07 Å². The van der Waals surface area contributed by atoms with Gasteiger partial charge in [-0.3, -0.25) is 9.78 Å². The van der Waals surface area contributed by atoms with Crippen molar-refractivity contribution in [2.24, 2.45) is 0 Å². The van der Waals surface area contributed by atoms with Gasteiger partial charge in [-0.05, 0) is 18.2 Å². The van der Waals surface area contributed by atoms with Gasteiger partial charge in [-0.1, -0.05) is 6.07 Å². The molecule has 0 fully saturated rings. The first kappa shape index (κ1) is 24.5. The van der Waals surface area contributed by atoms with E-state index >= 15 is 0 Å². The third-order valence-electron chi connectivity index (χ3n) is 2.44. The second kappa shape index (κ2) is 8.46. The molecule has 1 rings (SSSR count). The van der Waals surface area contributed by atoms with Crippen molar-refractivity contribution in [3.63, 3.8) is 0 Å². The largest absolute Gasteiger partial charge is 0.465 e. The van der Waals surface area contributed by atoms with Crippen molar-refractivity contribution in [3.05, 3.63) is 35.4 Å². The summed E-state index contributed by atoms with van der Waals surface area (Å²) in [6, 6.07) is 3.00. The summed E-state index contributed by atoms with van der Waals surface area (Å²) in [5, 5.41) is 0. The minimum Gasteiger partial charge on any atom is -0.286 e. The van der Waals surface area contributed by atoms with Gasteiger partial charge < -0.3 is 0 Å². The maximum atomic E-state index is 12.8. The van der Waals surface area contributed by atoms with Gasteiger partial charge in [-0.2, -0.15) is 35.1 Å². The molecule has 0 aliphatic heterocycles. The monoisotopic (exact) mass is 554 g/mol. The minimum atomic E-state index is -5.26. The van der Waals surface area contributed by atoms with E-state index in [9.17, 15) is 44.7 Å². The van der Waals surface area contributed by atoms with Gasteiger partial charge in [0.05, 0.1) is 11.1 Å². The molecule has 0 aliphatic carbocycles. The van der Waals surface area contributed by atoms with Crippen LogP contribution in [0.2, 0.25) is 0 Å². The number of hydrogen-bond acceptors (Lipinski definition) is 6. The summed E-state index contributed by atoms with van der Waals surface area (Å²) in [6.45, 7) is 0. The van der Waals surface area contributed by atoms with Crippen molar-refractivity contribution < 1.29 is 64.3 Å². The van der Waals surface area contributed by atoms with Crippen molar-refractivity contribution in [3.8, 4) is 0 Å². The van der Waals surface area contributed by atoms with Crippen LogP contribution in [0.25, 0.3) is 0 Å². The average molecular weight is 556 g/mol. The first-order valence-corrected chi connectivity index (χ1v) is 7.86. The summed E-state index contributed by atoms with van der Waals surface area (Å²) in [4.78, 5) is 26.3. The lowest BCUT2D eigenvalue weighted by Gasteiger charge is -2.19. The van der Waals surface area contributed by atoms with Crippen LogP contribution in [0, 0.1) is 0 Å². The van der Waals surface area contributed by atoms with E-state index in [1.165, 1.54) is 31.9 Å². The molecular formula is C12H4Br2F8O6. The van der Waals surface area contributed by atoms with Crippen molar-refractivity contribution in [1.29, 1.82) is 0 Å². The maximum Gasteiger partial charge on any atom is 0.465 e. The summed E-state index contributed by atoms with van der Waals surface area (Å²) in [7, 11) is 0. The summed E-state index contributed by atoms with van der Waals surface area (Å²) < 4.78 is 101. The molecule has 0 bridgehead atoms. The van der Waals surface area contributed by atoms with Crippen molar-refractivity contribution in [2.75, 3.05) is 0 Å². The molecule has 0 radical (unpaired) electrons. The lowest BCUT2D eigenvalue weighted by molar-refractivity contribution is -0.441. The Bertz CT molecular complexity index is 676. The van der Waals surface area contributed by atoms with E-state index < -0.39 is 44.9 Å². The number of benzene rings is 1. The molecule has 16 heteroatoms. The smallest absolute Gasteiger partial charge is 0.286 e. The van der Waals surface area contributed by atoms with Crippen LogP contribution in [0.5, 0.6) is 0 Å². The molecule has 0 spiro atoms. The summed E-state index contributed by atoms with van der Waals surface area (Å²) in [6.07, 6.45) is -10.5. The molecule has 0 N–H and O–H groups in total. The highest BCUT2D eigenvalue weighted by atomic mass is 79.9. The van der Waals surface area contributed by atoms with Gasteiger partial charge in [0.1, 0.15) is 0 Å². The Balaban J connectivity index is 2.81. The molecule has 0 heterocycles. The number of alkyl halides is 10. The zero-order valence-electron chi connectivity index (χ0n) is 12.5. The normalized spacial score (nSPS) is 13.2. The molecule has 0 unspecified atom stereocenters. The van der Waals surface area contributed by atoms with Crippen LogP contribution in [-0.2, 0) is 19.6 Å². The highest BCUT2D eigenvalue weighted by Gasteiger charge is 2.59. The fraction of sp³-hybridized carbons (Fsp3) is 0.333. The van der Waals surface area contributed by atoms with Crippen molar-refractivity contribution >= 4 is 43.8 Å². The molecule has 1 aromatic rings. The average Bonchev–Trinajstić information content (AvgIpc) is 2.55. The van der Waals surface area contributed by atoms with Crippen molar-refractivity contribution in [1.82, 2.24) is 0 Å². The van der Waals surface area contributed by atoms with E-state index in [-0.39, 0.29) is 0 Å². The Morgan fingerprint density at radius 1 is 0.714 bits per heavy atom. The first-order chi connectivity index (χ1) is 12.5. The van der Waals surface area contributed by atoms with Gasteiger partial charge >= 0.3 is 33.8 Å². The van der Waals surface area contributed by atoms with E-state index in [1.54, 1.807) is 0 Å². The lowest BCUT2D eigenvalue weighted by atomic mass is 10.1. The second-order valence-corrected chi connectivity index (χ2v) is 6.51. The molecule has 158 valence electrons. The van der Waals surface area contributed by atoms with Crippen LogP contribution in [0.3, 0.4) is 0 Å². The van der Waals surface area contributed by atoms with Gasteiger partial charge in [-0.15, -0.1) is 9.78 Å². The predicted molar refractivity (Wildman–Crippen MR) is 77.1 cm³/mol. The number of rotatable bonds is 8. The van der Waals surface area contributed by atoms with E-state index in [1.807, 2.05) is 0 Å². The topological polar surface area (TPSA) is 71.1 Å². The molecule has 0 atom stereocenters. The van der Waals surface area contributed by atoms with Gasteiger partial charge in [0, 0.05) is 31.9 Å². The molecular weight excluding hydrogens is 552 g/mol. The van der Waals surface area contributed by atoms with Gasteiger partial charge in [0.25, 0.3) is 0 Å². The standard InChI is InChI=1S/C12H4Br2F8O6/c13-9(15,16)11(19,20)27-25-7(23)5-2-1-3-6(4-5)8(24)26-28-12(21,22)10(14,17)18/h1-4H. The molecule has 0 aliphatic rings. The number of carbonyl (C=O) groups excluding carboxylic acids is 2. The fourth-order valence-electron chi connectivity index (χ4n) is 1.14. The first-order valence-electron chi connectivity index (χ1n) is 6.27. The van der Waals surface area contributed by atoms with Gasteiger partial charge in [0.2, 0.25) is 0 Å². The van der Waals surface area contributed by atoms with Gasteiger partial charge in [0.15, 0.2) is 0 Å². The number of hydrogen-bond donors (Lipinski definition) is 0. The highest BCUT2D eigenvalue weighted by molar-refractivity contribution is 9.10. The lowest BCUT2D eigenvalue weighted by Crippen LogP contribution is -2.38. The SMILES string of the molecule is O=C(OOC(F)(F)C(F)(F)Br)c1cccc(C(=O)OOC(F)(F)C(F)(F)Br)c1. The van der Waals surface area contributed by atoms with E-state index in [0.717, 1.165) is 18.2 Å². The number of halogens is 10. The van der Waals surface area contributed by atoms with E-state index in [4.69, 9.17) is 0 Å². The van der Waals surface area contributed by atoms with Crippen LogP contribution in [-0.4, -0.2) is 33.8 Å². The Morgan fingerprint density at radius 2 is 1.04 bits per heavy atom. The Kier molecular flexibility index (Phi) is 7.41. The third-order valence-corrected chi connectivity index (χ3v) is 3.36. The summed E-state index contributed by atoms with van der Waals surface area (Å²) in [5.41, 5.74) is -1.53. The predicted octanol–water partition coefficient (Wildman–Crippen LogP) is 5.02. The van der Waals surface area contributed by atoms with Crippen LogP contribution in [0.15, 0.2) is 24.3 Å². The number of carbonyl (C=O) groups is 2. The third kappa shape index (κ3) is 6.25. The zero-order chi connectivity index (χ0) is 22.0. The summed E-state index contributed by atoms with van der Waals surface area (Å²) >= 11 is 2.58. The molecule has 0 saturated carbocycles. The minimum absolute atomic E-state index is 0.492. The molecule has 6 nitrogen and oxygen atoms in total. The zero-order valence-corrected chi connectivity index (χ0v) is 15.7. The van der Waals surface area contributed by atoms with Crippen LogP contribution in [0.4, 0.5) is 35.1 Å². The Hall–Kier alpha value is -1.52. The van der Waals surface area contributed by atoms with Crippen molar-refractivity contribution in [2.45, 2.75) is 21.9 Å². The van der Waals surface area contributed by atoms with Crippen LogP contribution in [0.1, 0.15) is 20.7 Å². The Morgan fingerprint density at radius 3 is 1.32 bits per heavy atom. The van der Waals surface area contributed by atoms with Crippen LogP contribution >= 0.6 is 31.9 Å². The van der Waals surface area contributed by atoms with E-state index in [2.05, 4.69) is 19.6 Å². The Labute approximate surface area is 165 Å². The maximum absolute atomic E-state index is 12.8. The molecule has 1 aromatic carbocycles. The second-order valence-electron chi connectivity index (χ2n) is 4.52. The molecule has 0 aromatic heterocycles. The quantitative estimate of drug-likeness (QED) is 0.194. The summed E-state index contributed by atoms with van der Waals surface area (Å²) in [5.74, 6) is -3.60. The van der Waals surface area contributed by atoms with Crippen LogP contribution < -0.4 is 0 Å². The molecule has 0 amide bonds. The molecule has 0 saturated heterocycles. The highest BCUT2D eigenvalue weighted by Crippen LogP contribution is 2.41. The van der Waals surface area contributed by atoms with Gasteiger partial charge in [-0.25, -0.2) is 9.59 Å². The molecule has 28 heavy (non-hydrogen) atoms.